The number of nitrogens with zero attached hydrogens (tertiary/aromatic N) is 1. The predicted molar refractivity (Wildman–Crippen MR) is 76.3 cm³/mol. The van der Waals surface area contributed by atoms with Crippen molar-refractivity contribution in [1.82, 2.24) is 4.90 Å². The Morgan fingerprint density at radius 1 is 1.40 bits per heavy atom. The molecule has 0 heterocycles. The molecule has 0 unspecified atom stereocenters. The van der Waals surface area contributed by atoms with Gasteiger partial charge < -0.3 is 5.11 Å². The van der Waals surface area contributed by atoms with Crippen LogP contribution >= 0.6 is 11.6 Å². The van der Waals surface area contributed by atoms with Crippen molar-refractivity contribution < 1.29 is 14.3 Å². The van der Waals surface area contributed by atoms with Crippen LogP contribution in [0.1, 0.15) is 31.2 Å². The second kappa shape index (κ2) is 6.55. The molecule has 5 heteroatoms. The van der Waals surface area contributed by atoms with Gasteiger partial charge in [0.05, 0.1) is 5.92 Å². The molecule has 1 fully saturated rings. The number of aliphatic carboxylic acids is 1. The monoisotopic (exact) mass is 299 g/mol. The third-order valence-electron chi connectivity index (χ3n) is 4.10. The highest BCUT2D eigenvalue weighted by Gasteiger charge is 2.28. The van der Waals surface area contributed by atoms with Crippen molar-refractivity contribution in [3.63, 3.8) is 0 Å². The van der Waals surface area contributed by atoms with Crippen molar-refractivity contribution in [2.45, 2.75) is 38.3 Å². The number of benzene rings is 1. The van der Waals surface area contributed by atoms with E-state index in [0.717, 1.165) is 12.8 Å². The molecule has 2 rings (SSSR count). The first-order chi connectivity index (χ1) is 9.47. The number of carboxylic acid groups (broad SMARTS) is 1. The fourth-order valence-corrected chi connectivity index (χ4v) is 3.02. The maximum atomic E-state index is 13.7. The van der Waals surface area contributed by atoms with E-state index < -0.39 is 5.97 Å². The second-order valence-corrected chi connectivity index (χ2v) is 5.93. The molecule has 0 radical (unpaired) electrons. The Morgan fingerprint density at radius 3 is 2.65 bits per heavy atom. The number of carbonyl (C=O) groups is 1. The minimum absolute atomic E-state index is 0.220. The van der Waals surface area contributed by atoms with Crippen LogP contribution in [0, 0.1) is 11.7 Å². The summed E-state index contributed by atoms with van der Waals surface area (Å²) in [6.45, 7) is 0.495. The van der Waals surface area contributed by atoms with Gasteiger partial charge in [-0.3, -0.25) is 9.69 Å². The SMILES string of the molecule is CN(Cc1cc(Cl)ccc1F)C1CCC(C(=O)O)CC1. The normalized spacial score (nSPS) is 23.0. The molecule has 3 nitrogen and oxygen atoms in total. The molecule has 0 atom stereocenters. The summed E-state index contributed by atoms with van der Waals surface area (Å²) in [6, 6.07) is 4.88. The first-order valence-electron chi connectivity index (χ1n) is 6.84. The van der Waals surface area contributed by atoms with Gasteiger partial charge in [-0.25, -0.2) is 4.39 Å². The average Bonchev–Trinajstić information content (AvgIpc) is 2.43. The van der Waals surface area contributed by atoms with Gasteiger partial charge in [0.15, 0.2) is 0 Å². The summed E-state index contributed by atoms with van der Waals surface area (Å²) in [5.74, 6) is -1.17. The average molecular weight is 300 g/mol. The standard InChI is InChI=1S/C15H19ClFNO2/c1-18(9-11-8-12(16)4-7-14(11)17)13-5-2-10(3-6-13)15(19)20/h4,7-8,10,13H,2-3,5-6,9H2,1H3,(H,19,20). The van der Waals surface area contributed by atoms with E-state index in [9.17, 15) is 9.18 Å². The molecule has 110 valence electrons. The molecule has 0 aromatic heterocycles. The third-order valence-corrected chi connectivity index (χ3v) is 4.33. The van der Waals surface area contributed by atoms with Gasteiger partial charge in [-0.15, -0.1) is 0 Å². The maximum absolute atomic E-state index is 13.7. The van der Waals surface area contributed by atoms with Gasteiger partial charge in [0.2, 0.25) is 0 Å². The Morgan fingerprint density at radius 2 is 2.05 bits per heavy atom. The molecular weight excluding hydrogens is 281 g/mol. The van der Waals surface area contributed by atoms with Gasteiger partial charge in [-0.1, -0.05) is 11.6 Å². The van der Waals surface area contributed by atoms with E-state index in [1.54, 1.807) is 12.1 Å². The predicted octanol–water partition coefficient (Wildman–Crippen LogP) is 3.55. The van der Waals surface area contributed by atoms with Crippen LogP contribution in [-0.2, 0) is 11.3 Å². The van der Waals surface area contributed by atoms with Gasteiger partial charge in [-0.2, -0.15) is 0 Å². The number of hydrogen-bond donors (Lipinski definition) is 1. The molecule has 1 aliphatic rings. The van der Waals surface area contributed by atoms with E-state index in [-0.39, 0.29) is 11.7 Å². The lowest BCUT2D eigenvalue weighted by Gasteiger charge is -2.33. The third kappa shape index (κ3) is 3.70. The molecule has 1 aromatic rings. The summed E-state index contributed by atoms with van der Waals surface area (Å²) in [5, 5.41) is 9.52. The number of carboxylic acids is 1. The lowest BCUT2D eigenvalue weighted by molar-refractivity contribution is -0.143. The largest absolute Gasteiger partial charge is 0.481 e. The molecule has 1 aliphatic carbocycles. The summed E-state index contributed by atoms with van der Waals surface area (Å²) in [6.07, 6.45) is 3.08. The second-order valence-electron chi connectivity index (χ2n) is 5.49. The molecule has 1 N–H and O–H groups in total. The van der Waals surface area contributed by atoms with Crippen LogP contribution in [0.15, 0.2) is 18.2 Å². The molecule has 0 amide bonds. The van der Waals surface area contributed by atoms with Crippen LogP contribution in [0.4, 0.5) is 4.39 Å². The smallest absolute Gasteiger partial charge is 0.306 e. The minimum Gasteiger partial charge on any atom is -0.481 e. The van der Waals surface area contributed by atoms with Crippen LogP contribution in [0.3, 0.4) is 0 Å². The molecule has 0 spiro atoms. The Bertz CT molecular complexity index is 487. The van der Waals surface area contributed by atoms with E-state index in [0.29, 0.717) is 36.0 Å². The van der Waals surface area contributed by atoms with Gasteiger partial charge >= 0.3 is 5.97 Å². The fourth-order valence-electron chi connectivity index (χ4n) is 2.83. The van der Waals surface area contributed by atoms with Gasteiger partial charge in [0.25, 0.3) is 0 Å². The van der Waals surface area contributed by atoms with Crippen molar-refractivity contribution in [1.29, 1.82) is 0 Å². The molecule has 0 aliphatic heterocycles. The fraction of sp³-hybridized carbons (Fsp3) is 0.533. The van der Waals surface area contributed by atoms with E-state index in [1.807, 2.05) is 7.05 Å². The van der Waals surface area contributed by atoms with Crippen molar-refractivity contribution in [3.8, 4) is 0 Å². The number of hydrogen-bond acceptors (Lipinski definition) is 2. The molecule has 1 aromatic carbocycles. The van der Waals surface area contributed by atoms with Gasteiger partial charge in [0.1, 0.15) is 5.82 Å². The maximum Gasteiger partial charge on any atom is 0.306 e. The zero-order chi connectivity index (χ0) is 14.7. The van der Waals surface area contributed by atoms with Crippen LogP contribution in [0.5, 0.6) is 0 Å². The summed E-state index contributed by atoms with van der Waals surface area (Å²) >= 11 is 5.89. The Hall–Kier alpha value is -1.13. The highest BCUT2D eigenvalue weighted by Crippen LogP contribution is 2.28. The first-order valence-corrected chi connectivity index (χ1v) is 7.22. The first kappa shape index (κ1) is 15.3. The highest BCUT2D eigenvalue weighted by molar-refractivity contribution is 6.30. The van der Waals surface area contributed by atoms with E-state index in [1.165, 1.54) is 6.07 Å². The summed E-state index contributed by atoms with van der Waals surface area (Å²) in [7, 11) is 1.95. The summed E-state index contributed by atoms with van der Waals surface area (Å²) in [5.41, 5.74) is 0.584. The van der Waals surface area contributed by atoms with Gasteiger partial charge in [0, 0.05) is 23.2 Å². The zero-order valence-electron chi connectivity index (χ0n) is 11.5. The Balaban J connectivity index is 1.94. The summed E-state index contributed by atoms with van der Waals surface area (Å²) < 4.78 is 13.7. The molecular formula is C15H19ClFNO2. The highest BCUT2D eigenvalue weighted by atomic mass is 35.5. The van der Waals surface area contributed by atoms with Crippen LogP contribution in [-0.4, -0.2) is 29.1 Å². The Labute approximate surface area is 123 Å². The van der Waals surface area contributed by atoms with Crippen LogP contribution < -0.4 is 0 Å². The van der Waals surface area contributed by atoms with Crippen molar-refractivity contribution in [3.05, 3.63) is 34.6 Å². The topological polar surface area (TPSA) is 40.5 Å². The summed E-state index contributed by atoms with van der Waals surface area (Å²) in [4.78, 5) is 13.0. The lowest BCUT2D eigenvalue weighted by atomic mass is 9.85. The van der Waals surface area contributed by atoms with Crippen molar-refractivity contribution in [2.75, 3.05) is 7.05 Å². The molecule has 0 bridgehead atoms. The van der Waals surface area contributed by atoms with Crippen LogP contribution in [0.25, 0.3) is 0 Å². The van der Waals surface area contributed by atoms with E-state index in [2.05, 4.69) is 4.90 Å². The number of rotatable bonds is 4. The van der Waals surface area contributed by atoms with E-state index in [4.69, 9.17) is 16.7 Å². The lowest BCUT2D eigenvalue weighted by Crippen LogP contribution is -2.36. The minimum atomic E-state index is -0.702. The Kier molecular flexibility index (Phi) is 5.00. The van der Waals surface area contributed by atoms with E-state index >= 15 is 0 Å². The van der Waals surface area contributed by atoms with Gasteiger partial charge in [-0.05, 0) is 50.9 Å². The van der Waals surface area contributed by atoms with Crippen molar-refractivity contribution in [2.24, 2.45) is 5.92 Å². The van der Waals surface area contributed by atoms with Crippen molar-refractivity contribution >= 4 is 17.6 Å². The molecule has 0 saturated heterocycles. The van der Waals surface area contributed by atoms with Crippen LogP contribution in [0.2, 0.25) is 5.02 Å². The quantitative estimate of drug-likeness (QED) is 0.924. The number of halogens is 2. The molecule has 20 heavy (non-hydrogen) atoms. The zero-order valence-corrected chi connectivity index (χ0v) is 12.2. The molecule has 1 saturated carbocycles.